The van der Waals surface area contributed by atoms with Crippen LogP contribution in [0.5, 0.6) is 0 Å². The largest absolute Gasteiger partial charge is 0.392 e. The number of anilines is 1. The topological polar surface area (TPSA) is 61.4 Å². The third-order valence-electron chi connectivity index (χ3n) is 2.95. The van der Waals surface area contributed by atoms with E-state index in [1.54, 1.807) is 0 Å². The molecule has 0 aliphatic heterocycles. The van der Waals surface area contributed by atoms with Crippen molar-refractivity contribution in [2.24, 2.45) is 5.92 Å². The summed E-state index contributed by atoms with van der Waals surface area (Å²) in [4.78, 5) is 11.7. The smallest absolute Gasteiger partial charge is 0.238 e. The molecular formula is C13H17BrN2O2. The molecule has 0 radical (unpaired) electrons. The van der Waals surface area contributed by atoms with Crippen molar-refractivity contribution in [1.82, 2.24) is 5.32 Å². The Morgan fingerprint density at radius 2 is 2.17 bits per heavy atom. The highest BCUT2D eigenvalue weighted by Crippen LogP contribution is 2.32. The Labute approximate surface area is 115 Å². The summed E-state index contributed by atoms with van der Waals surface area (Å²) >= 11 is 3.37. The van der Waals surface area contributed by atoms with Gasteiger partial charge in [0.1, 0.15) is 0 Å². The number of nitrogens with one attached hydrogen (secondary N) is 2. The zero-order chi connectivity index (χ0) is 13.0. The second-order valence-corrected chi connectivity index (χ2v) is 5.42. The van der Waals surface area contributed by atoms with E-state index in [0.717, 1.165) is 23.0 Å². The fourth-order valence-electron chi connectivity index (χ4n) is 1.74. The van der Waals surface area contributed by atoms with Crippen LogP contribution < -0.4 is 10.6 Å². The van der Waals surface area contributed by atoms with Crippen LogP contribution >= 0.6 is 15.9 Å². The highest BCUT2D eigenvalue weighted by atomic mass is 79.9. The van der Waals surface area contributed by atoms with Crippen molar-refractivity contribution in [2.45, 2.75) is 18.9 Å². The minimum absolute atomic E-state index is 0.107. The predicted molar refractivity (Wildman–Crippen MR) is 74.4 cm³/mol. The summed E-state index contributed by atoms with van der Waals surface area (Å²) in [6.07, 6.45) is 1.89. The van der Waals surface area contributed by atoms with E-state index in [1.165, 1.54) is 0 Å². The van der Waals surface area contributed by atoms with E-state index >= 15 is 0 Å². The van der Waals surface area contributed by atoms with Gasteiger partial charge in [0, 0.05) is 11.0 Å². The number of amides is 1. The lowest BCUT2D eigenvalue weighted by atomic mass is 10.2. The summed E-state index contributed by atoms with van der Waals surface area (Å²) in [5, 5.41) is 15.4. The molecule has 1 fully saturated rings. The zero-order valence-corrected chi connectivity index (χ0v) is 11.6. The van der Waals surface area contributed by atoms with Crippen LogP contribution in [0, 0.1) is 5.92 Å². The van der Waals surface area contributed by atoms with Crippen LogP contribution in [-0.2, 0) is 4.79 Å². The van der Waals surface area contributed by atoms with Gasteiger partial charge in [-0.05, 0) is 46.8 Å². The minimum Gasteiger partial charge on any atom is -0.392 e. The summed E-state index contributed by atoms with van der Waals surface area (Å²) in [6, 6.07) is 7.47. The lowest BCUT2D eigenvalue weighted by Gasteiger charge is -2.11. The van der Waals surface area contributed by atoms with Crippen molar-refractivity contribution in [2.75, 3.05) is 18.4 Å². The molecule has 1 aromatic rings. The van der Waals surface area contributed by atoms with Gasteiger partial charge in [-0.2, -0.15) is 0 Å². The predicted octanol–water partition coefficient (Wildman–Crippen LogP) is 1.75. The Balaban J connectivity index is 1.70. The molecule has 0 spiro atoms. The molecule has 2 rings (SSSR count). The number of rotatable bonds is 6. The molecule has 0 bridgehead atoms. The fraction of sp³-hybridized carbons (Fsp3) is 0.462. The molecule has 1 saturated carbocycles. The molecule has 18 heavy (non-hydrogen) atoms. The van der Waals surface area contributed by atoms with Gasteiger partial charge in [0.15, 0.2) is 0 Å². The molecule has 1 aliphatic rings. The highest BCUT2D eigenvalue weighted by Gasteiger charge is 2.29. The summed E-state index contributed by atoms with van der Waals surface area (Å²) in [6.45, 7) is 0.694. The van der Waals surface area contributed by atoms with Gasteiger partial charge in [0.05, 0.1) is 18.3 Å². The van der Waals surface area contributed by atoms with E-state index in [0.29, 0.717) is 12.5 Å². The van der Waals surface area contributed by atoms with Crippen LogP contribution in [0.4, 0.5) is 5.69 Å². The third kappa shape index (κ3) is 4.08. The lowest BCUT2D eigenvalue weighted by Crippen LogP contribution is -2.34. The van der Waals surface area contributed by atoms with Gasteiger partial charge in [-0.3, -0.25) is 4.79 Å². The molecule has 1 aliphatic carbocycles. The van der Waals surface area contributed by atoms with E-state index < -0.39 is 0 Å². The van der Waals surface area contributed by atoms with Crippen LogP contribution in [0.2, 0.25) is 0 Å². The Bertz CT molecular complexity index is 421. The van der Waals surface area contributed by atoms with Crippen molar-refractivity contribution in [3.8, 4) is 0 Å². The lowest BCUT2D eigenvalue weighted by molar-refractivity contribution is -0.115. The number of aliphatic hydroxyl groups is 1. The molecule has 4 nitrogen and oxygen atoms in total. The fourth-order valence-corrected chi connectivity index (χ4v) is 2.12. The maximum Gasteiger partial charge on any atom is 0.238 e. The van der Waals surface area contributed by atoms with Crippen LogP contribution in [0.25, 0.3) is 0 Å². The Morgan fingerprint density at radius 3 is 2.83 bits per heavy atom. The van der Waals surface area contributed by atoms with E-state index in [1.807, 2.05) is 24.3 Å². The first-order valence-corrected chi connectivity index (χ1v) is 6.89. The molecular weight excluding hydrogens is 296 g/mol. The summed E-state index contributed by atoms with van der Waals surface area (Å²) in [5.41, 5.74) is 0.757. The van der Waals surface area contributed by atoms with E-state index in [9.17, 15) is 9.90 Å². The summed E-state index contributed by atoms with van der Waals surface area (Å²) < 4.78 is 0.858. The van der Waals surface area contributed by atoms with Crippen molar-refractivity contribution >= 4 is 27.5 Å². The van der Waals surface area contributed by atoms with Crippen LogP contribution in [0.15, 0.2) is 28.7 Å². The van der Waals surface area contributed by atoms with Crippen molar-refractivity contribution < 1.29 is 9.90 Å². The number of carbonyl (C=O) groups excluding carboxylic acids is 1. The van der Waals surface area contributed by atoms with Crippen molar-refractivity contribution in [3.63, 3.8) is 0 Å². The summed E-state index contributed by atoms with van der Waals surface area (Å²) in [5.74, 6) is 0.328. The van der Waals surface area contributed by atoms with Gasteiger partial charge in [0.2, 0.25) is 5.91 Å². The maximum absolute atomic E-state index is 11.7. The average Bonchev–Trinajstić information content (AvgIpc) is 3.16. The number of aliphatic hydroxyl groups excluding tert-OH is 1. The molecule has 1 unspecified atom stereocenters. The minimum atomic E-state index is -0.318. The highest BCUT2D eigenvalue weighted by molar-refractivity contribution is 9.10. The first kappa shape index (κ1) is 13.5. The number of halogens is 1. The molecule has 0 saturated heterocycles. The van der Waals surface area contributed by atoms with E-state index in [4.69, 9.17) is 0 Å². The second-order valence-electron chi connectivity index (χ2n) is 4.56. The van der Waals surface area contributed by atoms with E-state index in [2.05, 4.69) is 26.6 Å². The van der Waals surface area contributed by atoms with Gasteiger partial charge >= 0.3 is 0 Å². The Kier molecular flexibility index (Phi) is 4.74. The number of carbonyl (C=O) groups is 1. The van der Waals surface area contributed by atoms with Crippen LogP contribution in [-0.4, -0.2) is 30.2 Å². The summed E-state index contributed by atoms with van der Waals surface area (Å²) in [7, 11) is 0. The number of hydrogen-bond donors (Lipinski definition) is 3. The Morgan fingerprint density at radius 1 is 1.44 bits per heavy atom. The maximum atomic E-state index is 11.7. The van der Waals surface area contributed by atoms with Gasteiger partial charge in [-0.15, -0.1) is 0 Å². The molecule has 1 atom stereocenters. The van der Waals surface area contributed by atoms with Gasteiger partial charge in [-0.1, -0.05) is 12.1 Å². The van der Waals surface area contributed by atoms with Crippen LogP contribution in [0.1, 0.15) is 12.8 Å². The first-order valence-electron chi connectivity index (χ1n) is 6.10. The average molecular weight is 313 g/mol. The normalized spacial score (nSPS) is 16.3. The molecule has 3 N–H and O–H groups in total. The number of benzene rings is 1. The molecule has 1 amide bonds. The van der Waals surface area contributed by atoms with Gasteiger partial charge in [0.25, 0.3) is 0 Å². The third-order valence-corrected chi connectivity index (χ3v) is 3.64. The standard InChI is InChI=1S/C13H17BrN2O2/c14-10-3-1-2-4-11(10)16-13(18)8-15-7-12(17)9-5-6-9/h1-4,9,12,15,17H,5-8H2,(H,16,18). The number of para-hydroxylation sites is 1. The molecule has 0 heterocycles. The number of hydrogen-bond acceptors (Lipinski definition) is 3. The van der Waals surface area contributed by atoms with Crippen molar-refractivity contribution in [1.29, 1.82) is 0 Å². The molecule has 98 valence electrons. The monoisotopic (exact) mass is 312 g/mol. The zero-order valence-electron chi connectivity index (χ0n) is 10.0. The Hall–Kier alpha value is -0.910. The molecule has 1 aromatic carbocycles. The molecule has 5 heteroatoms. The quantitative estimate of drug-likeness (QED) is 0.750. The van der Waals surface area contributed by atoms with Crippen molar-refractivity contribution in [3.05, 3.63) is 28.7 Å². The van der Waals surface area contributed by atoms with Gasteiger partial charge < -0.3 is 15.7 Å². The molecule has 0 aromatic heterocycles. The second kappa shape index (κ2) is 6.31. The SMILES string of the molecule is O=C(CNCC(O)C1CC1)Nc1ccccc1Br. The van der Waals surface area contributed by atoms with Gasteiger partial charge in [-0.25, -0.2) is 0 Å². The first-order chi connectivity index (χ1) is 8.66. The van der Waals surface area contributed by atoms with E-state index in [-0.39, 0.29) is 18.6 Å². The van der Waals surface area contributed by atoms with Crippen LogP contribution in [0.3, 0.4) is 0 Å².